The summed E-state index contributed by atoms with van der Waals surface area (Å²) in [4.78, 5) is 8.45. The van der Waals surface area contributed by atoms with Gasteiger partial charge in [-0.3, -0.25) is 4.99 Å². The van der Waals surface area contributed by atoms with E-state index < -0.39 is 16.5 Å². The van der Waals surface area contributed by atoms with E-state index in [9.17, 15) is 0 Å². The summed E-state index contributed by atoms with van der Waals surface area (Å²) >= 11 is -0.806. The topological polar surface area (TPSA) is 26.5 Å². The Labute approximate surface area is 101 Å². The average Bonchev–Trinajstić information content (AvgIpc) is 2.49. The van der Waals surface area contributed by atoms with Crippen molar-refractivity contribution in [3.05, 3.63) is 23.5 Å². The third-order valence-corrected chi connectivity index (χ3v) is 1.31. The van der Waals surface area contributed by atoms with Crippen LogP contribution in [0.3, 0.4) is 0 Å². The maximum absolute atomic E-state index is 4.93. The standard InChI is InChI=1S/C9H13N2.2ClH.W/c1-7(2)10-6-9-5-4-8(3)11-9;;;/h4-7H,1-3H3;2*1H;/q-1;;;+2/p-2. The number of hydrogen-bond donors (Lipinski definition) is 0. The van der Waals surface area contributed by atoms with E-state index in [-0.39, 0.29) is 0 Å². The van der Waals surface area contributed by atoms with Crippen LogP contribution >= 0.6 is 18.8 Å². The van der Waals surface area contributed by atoms with Gasteiger partial charge in [0.05, 0.1) is 0 Å². The van der Waals surface area contributed by atoms with E-state index in [0.29, 0.717) is 6.04 Å². The van der Waals surface area contributed by atoms with Crippen molar-refractivity contribution in [3.8, 4) is 0 Å². The van der Waals surface area contributed by atoms with Crippen LogP contribution in [-0.4, -0.2) is 12.3 Å². The summed E-state index contributed by atoms with van der Waals surface area (Å²) in [6, 6.07) is 4.31. The summed E-state index contributed by atoms with van der Waals surface area (Å²) in [5.74, 6) is 0. The van der Waals surface area contributed by atoms with Gasteiger partial charge in [-0.1, -0.05) is 19.1 Å². The van der Waals surface area contributed by atoms with E-state index in [2.05, 4.69) is 9.98 Å². The Morgan fingerprint density at radius 1 is 1.43 bits per heavy atom. The van der Waals surface area contributed by atoms with Gasteiger partial charge in [-0.25, -0.2) is 0 Å². The van der Waals surface area contributed by atoms with Gasteiger partial charge in [0.15, 0.2) is 0 Å². The second-order valence-electron chi connectivity index (χ2n) is 2.94. The van der Waals surface area contributed by atoms with E-state index in [1.165, 1.54) is 0 Å². The third kappa shape index (κ3) is 7.61. The number of nitrogens with zero attached hydrogens (tertiary/aromatic N) is 2. The van der Waals surface area contributed by atoms with Crippen molar-refractivity contribution in [2.45, 2.75) is 26.8 Å². The molecular weight excluding hydrogens is 391 g/mol. The molecule has 0 unspecified atom stereocenters. The zero-order valence-electron chi connectivity index (χ0n) is 8.37. The second-order valence-corrected chi connectivity index (χ2v) is 7.18. The van der Waals surface area contributed by atoms with Gasteiger partial charge in [-0.15, -0.1) is 5.69 Å². The Morgan fingerprint density at radius 2 is 2.00 bits per heavy atom. The molecule has 0 radical (unpaired) electrons. The molecule has 1 aromatic rings. The number of hydrogen-bond acceptors (Lipinski definition) is 1. The van der Waals surface area contributed by atoms with Gasteiger partial charge >= 0.3 is 35.3 Å². The van der Waals surface area contributed by atoms with Gasteiger partial charge in [0.25, 0.3) is 0 Å². The molecule has 5 heteroatoms. The van der Waals surface area contributed by atoms with Gasteiger partial charge in [0, 0.05) is 12.3 Å². The predicted octanol–water partition coefficient (Wildman–Crippen LogP) is 3.16. The van der Waals surface area contributed by atoms with Gasteiger partial charge in [0.1, 0.15) is 0 Å². The molecule has 0 saturated carbocycles. The van der Waals surface area contributed by atoms with Crippen LogP contribution in [0.1, 0.15) is 25.2 Å². The summed E-state index contributed by atoms with van der Waals surface area (Å²) in [7, 11) is 9.86. The number of aromatic nitrogens is 1. The zero-order chi connectivity index (χ0) is 11.0. The van der Waals surface area contributed by atoms with Crippen molar-refractivity contribution in [2.24, 2.45) is 4.99 Å². The third-order valence-electron chi connectivity index (χ3n) is 1.31. The van der Waals surface area contributed by atoms with Crippen LogP contribution in [0.2, 0.25) is 0 Å². The average molecular weight is 404 g/mol. The molecular formula is C9H13Cl2N2W-. The summed E-state index contributed by atoms with van der Waals surface area (Å²) in [6.45, 7) is 6.07. The maximum atomic E-state index is 4.93. The molecule has 14 heavy (non-hydrogen) atoms. The normalized spacial score (nSPS) is 10.4. The SMILES string of the molecule is Cc1ccc(C=NC(C)C)[n-]1.[Cl][W][Cl]. The number of rotatable bonds is 2. The molecule has 0 aliphatic carbocycles. The Hall–Kier alpha value is 0.218. The molecule has 0 aliphatic heterocycles. The molecule has 0 aromatic carbocycles. The Morgan fingerprint density at radius 3 is 2.36 bits per heavy atom. The van der Waals surface area contributed by atoms with Crippen molar-refractivity contribution in [3.63, 3.8) is 0 Å². The number of aryl methyl sites for hydroxylation is 1. The second kappa shape index (κ2) is 8.52. The minimum atomic E-state index is -0.806. The molecule has 0 bridgehead atoms. The van der Waals surface area contributed by atoms with Crippen LogP contribution in [-0.2, 0) is 16.5 Å². The molecule has 80 valence electrons. The quantitative estimate of drug-likeness (QED) is 0.697. The van der Waals surface area contributed by atoms with Crippen molar-refractivity contribution < 1.29 is 16.5 Å². The molecule has 0 fully saturated rings. The summed E-state index contributed by atoms with van der Waals surface area (Å²) in [5.41, 5.74) is 2.01. The van der Waals surface area contributed by atoms with Crippen LogP contribution in [0.25, 0.3) is 0 Å². The first kappa shape index (κ1) is 14.2. The molecule has 0 N–H and O–H groups in total. The minimum absolute atomic E-state index is 0.354. The predicted molar refractivity (Wildman–Crippen MR) is 58.9 cm³/mol. The van der Waals surface area contributed by atoms with Crippen LogP contribution in [0.5, 0.6) is 0 Å². The summed E-state index contributed by atoms with van der Waals surface area (Å²) < 4.78 is 0. The van der Waals surface area contributed by atoms with Crippen LogP contribution in [0.15, 0.2) is 17.1 Å². The molecule has 0 saturated heterocycles. The van der Waals surface area contributed by atoms with Gasteiger partial charge in [0.2, 0.25) is 0 Å². The van der Waals surface area contributed by atoms with Crippen molar-refractivity contribution in [1.82, 2.24) is 4.98 Å². The Kier molecular flexibility index (Phi) is 8.65. The van der Waals surface area contributed by atoms with E-state index in [4.69, 9.17) is 18.8 Å². The fourth-order valence-electron chi connectivity index (χ4n) is 0.781. The first-order chi connectivity index (χ1) is 6.60. The molecule has 1 aromatic heterocycles. The Bertz CT molecular complexity index is 272. The summed E-state index contributed by atoms with van der Waals surface area (Å²) in [6.07, 6.45) is 1.82. The van der Waals surface area contributed by atoms with E-state index >= 15 is 0 Å². The van der Waals surface area contributed by atoms with Crippen LogP contribution in [0, 0.1) is 6.92 Å². The van der Waals surface area contributed by atoms with Gasteiger partial charge in [-0.05, 0) is 13.8 Å². The van der Waals surface area contributed by atoms with Crippen molar-refractivity contribution >= 4 is 25.1 Å². The molecule has 0 spiro atoms. The van der Waals surface area contributed by atoms with Gasteiger partial charge < -0.3 is 4.98 Å². The molecule has 0 amide bonds. The van der Waals surface area contributed by atoms with Crippen LogP contribution < -0.4 is 4.98 Å². The zero-order valence-corrected chi connectivity index (χ0v) is 12.8. The fourth-order valence-corrected chi connectivity index (χ4v) is 0.781. The summed E-state index contributed by atoms with van der Waals surface area (Å²) in [5, 5.41) is 0. The van der Waals surface area contributed by atoms with Crippen molar-refractivity contribution in [2.75, 3.05) is 0 Å². The van der Waals surface area contributed by atoms with Gasteiger partial charge in [-0.2, -0.15) is 5.69 Å². The monoisotopic (exact) mass is 403 g/mol. The Balaban J connectivity index is 0.000000500. The molecule has 1 heterocycles. The fraction of sp³-hybridized carbons (Fsp3) is 0.444. The first-order valence-electron chi connectivity index (χ1n) is 4.13. The molecule has 0 aliphatic rings. The number of halogens is 2. The number of aliphatic imine (C=N–C) groups is 1. The molecule has 2 nitrogen and oxygen atoms in total. The van der Waals surface area contributed by atoms with E-state index in [1.807, 2.05) is 39.1 Å². The molecule has 0 atom stereocenters. The van der Waals surface area contributed by atoms with Crippen LogP contribution in [0.4, 0.5) is 0 Å². The first-order valence-corrected chi connectivity index (χ1v) is 11.4. The molecule has 1 rings (SSSR count). The van der Waals surface area contributed by atoms with E-state index in [1.54, 1.807) is 0 Å². The van der Waals surface area contributed by atoms with E-state index in [0.717, 1.165) is 11.4 Å². The van der Waals surface area contributed by atoms with Crippen molar-refractivity contribution in [1.29, 1.82) is 0 Å².